The Balaban J connectivity index is 4.06. The molecular formula is C14H28. The second kappa shape index (κ2) is 8.08. The minimum Gasteiger partial charge on any atom is -0.0888 e. The van der Waals surface area contributed by atoms with Crippen molar-refractivity contribution < 1.29 is 0 Å². The van der Waals surface area contributed by atoms with Gasteiger partial charge in [-0.05, 0) is 30.6 Å². The Bertz CT molecular complexity index is 144. The van der Waals surface area contributed by atoms with Crippen LogP contribution in [0, 0.1) is 17.8 Å². The van der Waals surface area contributed by atoms with Crippen molar-refractivity contribution in [2.45, 2.75) is 60.3 Å². The molecule has 84 valence electrons. The van der Waals surface area contributed by atoms with E-state index in [1.54, 1.807) is 0 Å². The van der Waals surface area contributed by atoms with Crippen molar-refractivity contribution >= 4 is 0 Å². The largest absolute Gasteiger partial charge is 0.0888 e. The fourth-order valence-electron chi connectivity index (χ4n) is 1.95. The molecule has 0 amide bonds. The van der Waals surface area contributed by atoms with Crippen LogP contribution in [-0.4, -0.2) is 0 Å². The monoisotopic (exact) mass is 196 g/mol. The van der Waals surface area contributed by atoms with Crippen molar-refractivity contribution in [3.05, 3.63) is 12.2 Å². The Labute approximate surface area is 90.8 Å². The summed E-state index contributed by atoms with van der Waals surface area (Å²) in [4.78, 5) is 0. The van der Waals surface area contributed by atoms with E-state index < -0.39 is 0 Å². The van der Waals surface area contributed by atoms with Gasteiger partial charge in [-0.15, -0.1) is 0 Å². The van der Waals surface area contributed by atoms with Gasteiger partial charge in [0, 0.05) is 0 Å². The third kappa shape index (κ3) is 5.47. The lowest BCUT2D eigenvalue weighted by atomic mass is 9.80. The van der Waals surface area contributed by atoms with Crippen LogP contribution >= 0.6 is 0 Å². The molecule has 0 heterocycles. The Morgan fingerprint density at radius 2 is 1.64 bits per heavy atom. The number of hydrogen-bond acceptors (Lipinski definition) is 0. The van der Waals surface area contributed by atoms with Gasteiger partial charge in [-0.1, -0.05) is 59.6 Å². The first kappa shape index (κ1) is 13.7. The molecule has 0 aromatic heterocycles. The molecule has 0 saturated carbocycles. The summed E-state index contributed by atoms with van der Waals surface area (Å²) in [6.07, 6.45) is 9.83. The molecule has 14 heavy (non-hydrogen) atoms. The van der Waals surface area contributed by atoms with E-state index in [9.17, 15) is 0 Å². The third-order valence-electron chi connectivity index (χ3n) is 3.30. The van der Waals surface area contributed by atoms with Gasteiger partial charge < -0.3 is 0 Å². The second-order valence-electron chi connectivity index (χ2n) is 4.77. The van der Waals surface area contributed by atoms with Gasteiger partial charge in [0.15, 0.2) is 0 Å². The highest BCUT2D eigenvalue weighted by Crippen LogP contribution is 2.27. The van der Waals surface area contributed by atoms with Crippen molar-refractivity contribution in [2.24, 2.45) is 17.8 Å². The van der Waals surface area contributed by atoms with Gasteiger partial charge >= 0.3 is 0 Å². The molecule has 0 aliphatic heterocycles. The topological polar surface area (TPSA) is 0 Å². The highest BCUT2D eigenvalue weighted by atomic mass is 14.2. The number of allylic oxidation sites excluding steroid dienone is 2. The van der Waals surface area contributed by atoms with E-state index in [1.807, 2.05) is 0 Å². The summed E-state index contributed by atoms with van der Waals surface area (Å²) in [7, 11) is 0. The van der Waals surface area contributed by atoms with Gasteiger partial charge in [0.05, 0.1) is 0 Å². The molecule has 2 unspecified atom stereocenters. The van der Waals surface area contributed by atoms with Crippen molar-refractivity contribution in [2.75, 3.05) is 0 Å². The van der Waals surface area contributed by atoms with E-state index in [1.165, 1.54) is 25.7 Å². The quantitative estimate of drug-likeness (QED) is 0.500. The molecule has 0 fully saturated rings. The molecule has 0 nitrogen and oxygen atoms in total. The molecular weight excluding hydrogens is 168 g/mol. The van der Waals surface area contributed by atoms with Gasteiger partial charge in [-0.25, -0.2) is 0 Å². The Morgan fingerprint density at radius 3 is 2.07 bits per heavy atom. The average Bonchev–Trinajstić information content (AvgIpc) is 2.15. The molecule has 0 rings (SSSR count). The van der Waals surface area contributed by atoms with Crippen LogP contribution in [0.4, 0.5) is 0 Å². The highest BCUT2D eigenvalue weighted by Gasteiger charge is 2.17. The number of rotatable bonds is 7. The summed E-state index contributed by atoms with van der Waals surface area (Å²) in [6.45, 7) is 11.6. The van der Waals surface area contributed by atoms with Crippen LogP contribution in [0.25, 0.3) is 0 Å². The Hall–Kier alpha value is -0.260. The first-order valence-corrected chi connectivity index (χ1v) is 6.28. The van der Waals surface area contributed by atoms with Gasteiger partial charge in [-0.2, -0.15) is 0 Å². The average molecular weight is 196 g/mol. The first-order chi connectivity index (χ1) is 6.63. The zero-order chi connectivity index (χ0) is 11.0. The fourth-order valence-corrected chi connectivity index (χ4v) is 1.95. The van der Waals surface area contributed by atoms with Crippen LogP contribution in [0.2, 0.25) is 0 Å². The summed E-state index contributed by atoms with van der Waals surface area (Å²) < 4.78 is 0. The molecule has 0 bridgehead atoms. The zero-order valence-corrected chi connectivity index (χ0v) is 10.7. The minimum absolute atomic E-state index is 0.821. The standard InChI is InChI=1S/C14H28/c1-6-8-9-11-14(10-7-2)13(5)12(3)4/h8-9,12-14H,6-7,10-11H2,1-5H3. The van der Waals surface area contributed by atoms with E-state index >= 15 is 0 Å². The minimum atomic E-state index is 0.821. The van der Waals surface area contributed by atoms with Crippen LogP contribution in [0.3, 0.4) is 0 Å². The van der Waals surface area contributed by atoms with Crippen LogP contribution in [-0.2, 0) is 0 Å². The summed E-state index contributed by atoms with van der Waals surface area (Å²) in [5.41, 5.74) is 0. The predicted molar refractivity (Wildman–Crippen MR) is 66.4 cm³/mol. The van der Waals surface area contributed by atoms with Gasteiger partial charge in [0.1, 0.15) is 0 Å². The lowest BCUT2D eigenvalue weighted by molar-refractivity contribution is 0.262. The SMILES string of the molecule is CCC=CCC(CCC)C(C)C(C)C. The lowest BCUT2D eigenvalue weighted by Gasteiger charge is -2.25. The maximum atomic E-state index is 2.41. The van der Waals surface area contributed by atoms with Crippen molar-refractivity contribution in [1.29, 1.82) is 0 Å². The molecule has 0 aromatic rings. The van der Waals surface area contributed by atoms with Gasteiger partial charge in [0.25, 0.3) is 0 Å². The van der Waals surface area contributed by atoms with Crippen molar-refractivity contribution in [1.82, 2.24) is 0 Å². The smallest absolute Gasteiger partial charge is 0.0320 e. The molecule has 2 atom stereocenters. The molecule has 0 spiro atoms. The summed E-state index contributed by atoms with van der Waals surface area (Å²) in [5, 5.41) is 0. The molecule has 0 aliphatic rings. The number of hydrogen-bond donors (Lipinski definition) is 0. The normalized spacial score (nSPS) is 16.4. The highest BCUT2D eigenvalue weighted by molar-refractivity contribution is 4.84. The molecule has 0 N–H and O–H groups in total. The van der Waals surface area contributed by atoms with Gasteiger partial charge in [0.2, 0.25) is 0 Å². The molecule has 0 aromatic carbocycles. The van der Waals surface area contributed by atoms with E-state index in [0.717, 1.165) is 17.8 Å². The molecule has 0 aliphatic carbocycles. The summed E-state index contributed by atoms with van der Waals surface area (Å²) in [6, 6.07) is 0. The van der Waals surface area contributed by atoms with E-state index in [4.69, 9.17) is 0 Å². The lowest BCUT2D eigenvalue weighted by Crippen LogP contribution is -2.16. The van der Waals surface area contributed by atoms with E-state index in [-0.39, 0.29) is 0 Å². The fraction of sp³-hybridized carbons (Fsp3) is 0.857. The zero-order valence-electron chi connectivity index (χ0n) is 10.7. The van der Waals surface area contributed by atoms with Crippen molar-refractivity contribution in [3.63, 3.8) is 0 Å². The third-order valence-corrected chi connectivity index (χ3v) is 3.30. The van der Waals surface area contributed by atoms with E-state index in [2.05, 4.69) is 46.8 Å². The predicted octanol–water partition coefficient (Wildman–Crippen LogP) is 5.05. The Morgan fingerprint density at radius 1 is 1.00 bits per heavy atom. The molecule has 0 saturated heterocycles. The van der Waals surface area contributed by atoms with Crippen LogP contribution in [0.5, 0.6) is 0 Å². The van der Waals surface area contributed by atoms with Gasteiger partial charge in [-0.3, -0.25) is 0 Å². The Kier molecular flexibility index (Phi) is 7.93. The maximum absolute atomic E-state index is 2.41. The van der Waals surface area contributed by atoms with Crippen LogP contribution < -0.4 is 0 Å². The van der Waals surface area contributed by atoms with Crippen molar-refractivity contribution in [3.8, 4) is 0 Å². The molecule has 0 radical (unpaired) electrons. The summed E-state index contributed by atoms with van der Waals surface area (Å²) in [5.74, 6) is 2.57. The van der Waals surface area contributed by atoms with E-state index in [0.29, 0.717) is 0 Å². The summed E-state index contributed by atoms with van der Waals surface area (Å²) >= 11 is 0. The van der Waals surface area contributed by atoms with Crippen LogP contribution in [0.15, 0.2) is 12.2 Å². The first-order valence-electron chi connectivity index (χ1n) is 6.28. The molecule has 0 heteroatoms. The second-order valence-corrected chi connectivity index (χ2v) is 4.77. The van der Waals surface area contributed by atoms with Crippen LogP contribution in [0.1, 0.15) is 60.3 Å². The maximum Gasteiger partial charge on any atom is -0.0320 e.